The Morgan fingerprint density at radius 1 is 1.50 bits per heavy atom. The molecule has 1 aromatic heterocycles. The quantitative estimate of drug-likeness (QED) is 0.896. The fourth-order valence-electron chi connectivity index (χ4n) is 2.20. The Kier molecular flexibility index (Phi) is 2.76. The summed E-state index contributed by atoms with van der Waals surface area (Å²) < 4.78 is 10.6. The number of aliphatic hydroxyl groups is 1. The highest BCUT2D eigenvalue weighted by molar-refractivity contribution is 5.39. The SMILES string of the molecule is Cc1noc(COc2ccc3c(c2)CCC3O)n1. The van der Waals surface area contributed by atoms with E-state index in [4.69, 9.17) is 9.26 Å². The molecule has 0 spiro atoms. The average Bonchev–Trinajstić information content (AvgIpc) is 2.94. The maximum absolute atomic E-state index is 9.71. The number of rotatable bonds is 3. The number of ether oxygens (including phenoxy) is 1. The van der Waals surface area contributed by atoms with Gasteiger partial charge in [0.25, 0.3) is 5.89 Å². The first-order valence-corrected chi connectivity index (χ1v) is 5.95. The fourth-order valence-corrected chi connectivity index (χ4v) is 2.20. The third-order valence-corrected chi connectivity index (χ3v) is 3.09. The second-order valence-corrected chi connectivity index (χ2v) is 4.44. The summed E-state index contributed by atoms with van der Waals surface area (Å²) in [6, 6.07) is 5.74. The van der Waals surface area contributed by atoms with Crippen molar-refractivity contribution in [1.29, 1.82) is 0 Å². The molecule has 2 aromatic rings. The molecule has 1 unspecified atom stereocenters. The van der Waals surface area contributed by atoms with Gasteiger partial charge in [-0.2, -0.15) is 4.98 Å². The van der Waals surface area contributed by atoms with Gasteiger partial charge < -0.3 is 14.4 Å². The largest absolute Gasteiger partial charge is 0.484 e. The Balaban J connectivity index is 1.70. The van der Waals surface area contributed by atoms with Gasteiger partial charge in [-0.05, 0) is 43.0 Å². The summed E-state index contributed by atoms with van der Waals surface area (Å²) in [5, 5.41) is 13.4. The Hall–Kier alpha value is -1.88. The topological polar surface area (TPSA) is 68.4 Å². The van der Waals surface area contributed by atoms with Gasteiger partial charge in [-0.15, -0.1) is 0 Å². The van der Waals surface area contributed by atoms with Crippen LogP contribution in [0.15, 0.2) is 22.7 Å². The highest BCUT2D eigenvalue weighted by atomic mass is 16.5. The molecular formula is C13H14N2O3. The van der Waals surface area contributed by atoms with Crippen LogP contribution in [0.5, 0.6) is 5.75 Å². The minimum atomic E-state index is -0.326. The van der Waals surface area contributed by atoms with E-state index in [-0.39, 0.29) is 12.7 Å². The Bertz CT molecular complexity index is 565. The molecule has 0 radical (unpaired) electrons. The molecule has 3 rings (SSSR count). The molecule has 1 N–H and O–H groups in total. The predicted octanol–water partition coefficient (Wildman–Crippen LogP) is 1.94. The van der Waals surface area contributed by atoms with Crippen LogP contribution in [-0.4, -0.2) is 15.2 Å². The number of fused-ring (bicyclic) bond motifs is 1. The van der Waals surface area contributed by atoms with Gasteiger partial charge in [-0.1, -0.05) is 11.2 Å². The van der Waals surface area contributed by atoms with E-state index in [0.717, 1.165) is 29.7 Å². The van der Waals surface area contributed by atoms with Crippen molar-refractivity contribution >= 4 is 0 Å². The standard InChI is InChI=1S/C13H14N2O3/c1-8-14-13(18-15-8)7-17-10-3-4-11-9(6-10)2-5-12(11)16/h3-4,6,12,16H,2,5,7H2,1H3. The van der Waals surface area contributed by atoms with Crippen molar-refractivity contribution < 1.29 is 14.4 Å². The lowest BCUT2D eigenvalue weighted by molar-refractivity contribution is 0.180. The smallest absolute Gasteiger partial charge is 0.264 e. The van der Waals surface area contributed by atoms with Gasteiger partial charge in [0.1, 0.15) is 5.75 Å². The van der Waals surface area contributed by atoms with Crippen LogP contribution in [0, 0.1) is 6.92 Å². The fraction of sp³-hybridized carbons (Fsp3) is 0.385. The Labute approximate surface area is 104 Å². The number of hydrogen-bond acceptors (Lipinski definition) is 5. The third-order valence-electron chi connectivity index (χ3n) is 3.09. The van der Waals surface area contributed by atoms with Crippen LogP contribution >= 0.6 is 0 Å². The van der Waals surface area contributed by atoms with Crippen LogP contribution < -0.4 is 4.74 Å². The van der Waals surface area contributed by atoms with Gasteiger partial charge in [0.2, 0.25) is 0 Å². The summed E-state index contributed by atoms with van der Waals surface area (Å²) in [7, 11) is 0. The van der Waals surface area contributed by atoms with E-state index in [2.05, 4.69) is 10.1 Å². The van der Waals surface area contributed by atoms with Crippen molar-refractivity contribution in [3.8, 4) is 5.75 Å². The summed E-state index contributed by atoms with van der Waals surface area (Å²) in [6.45, 7) is 2.03. The van der Waals surface area contributed by atoms with Crippen molar-refractivity contribution in [2.75, 3.05) is 0 Å². The second-order valence-electron chi connectivity index (χ2n) is 4.44. The van der Waals surface area contributed by atoms with Crippen LogP contribution in [0.1, 0.15) is 35.4 Å². The van der Waals surface area contributed by atoms with E-state index in [1.807, 2.05) is 18.2 Å². The molecule has 0 amide bonds. The minimum absolute atomic E-state index is 0.266. The number of nitrogens with zero attached hydrogens (tertiary/aromatic N) is 2. The summed E-state index contributed by atoms with van der Waals surface area (Å²) in [5.74, 6) is 1.83. The number of aliphatic hydroxyl groups excluding tert-OH is 1. The monoisotopic (exact) mass is 246 g/mol. The normalized spacial score (nSPS) is 17.8. The van der Waals surface area contributed by atoms with Crippen molar-refractivity contribution in [1.82, 2.24) is 10.1 Å². The molecule has 5 nitrogen and oxygen atoms in total. The molecular weight excluding hydrogens is 232 g/mol. The van der Waals surface area contributed by atoms with E-state index < -0.39 is 0 Å². The summed E-state index contributed by atoms with van der Waals surface area (Å²) in [6.07, 6.45) is 1.36. The molecule has 0 fully saturated rings. The van der Waals surface area contributed by atoms with E-state index >= 15 is 0 Å². The van der Waals surface area contributed by atoms with Crippen LogP contribution in [0.3, 0.4) is 0 Å². The minimum Gasteiger partial charge on any atom is -0.484 e. The van der Waals surface area contributed by atoms with Gasteiger partial charge in [0.05, 0.1) is 6.10 Å². The van der Waals surface area contributed by atoms with Gasteiger partial charge >= 0.3 is 0 Å². The van der Waals surface area contributed by atoms with Crippen LogP contribution in [0.2, 0.25) is 0 Å². The van der Waals surface area contributed by atoms with Crippen LogP contribution in [0.4, 0.5) is 0 Å². The number of hydrogen-bond donors (Lipinski definition) is 1. The maximum Gasteiger partial charge on any atom is 0.264 e. The first-order valence-electron chi connectivity index (χ1n) is 5.95. The molecule has 1 aromatic carbocycles. The highest BCUT2D eigenvalue weighted by Gasteiger charge is 2.20. The molecule has 94 valence electrons. The van der Waals surface area contributed by atoms with Crippen LogP contribution in [0.25, 0.3) is 0 Å². The molecule has 5 heteroatoms. The van der Waals surface area contributed by atoms with Crippen molar-refractivity contribution in [3.63, 3.8) is 0 Å². The lowest BCUT2D eigenvalue weighted by Gasteiger charge is -2.07. The number of benzene rings is 1. The third kappa shape index (κ3) is 2.09. The Morgan fingerprint density at radius 3 is 3.17 bits per heavy atom. The van der Waals surface area contributed by atoms with Crippen LogP contribution in [-0.2, 0) is 13.0 Å². The maximum atomic E-state index is 9.71. The summed E-state index contributed by atoms with van der Waals surface area (Å²) >= 11 is 0. The zero-order valence-electron chi connectivity index (χ0n) is 10.1. The molecule has 1 aliphatic rings. The van der Waals surface area contributed by atoms with E-state index in [0.29, 0.717) is 11.7 Å². The van der Waals surface area contributed by atoms with Gasteiger partial charge in [0, 0.05) is 0 Å². The zero-order chi connectivity index (χ0) is 12.5. The van der Waals surface area contributed by atoms with Gasteiger partial charge in [-0.3, -0.25) is 0 Å². The van der Waals surface area contributed by atoms with Crippen molar-refractivity contribution in [3.05, 3.63) is 41.0 Å². The van der Waals surface area contributed by atoms with Crippen molar-refractivity contribution in [2.24, 2.45) is 0 Å². The van der Waals surface area contributed by atoms with Gasteiger partial charge in [0.15, 0.2) is 12.4 Å². The molecule has 18 heavy (non-hydrogen) atoms. The molecule has 1 aliphatic carbocycles. The molecule has 0 aliphatic heterocycles. The van der Waals surface area contributed by atoms with Gasteiger partial charge in [-0.25, -0.2) is 0 Å². The van der Waals surface area contributed by atoms with E-state index in [9.17, 15) is 5.11 Å². The molecule has 1 heterocycles. The zero-order valence-corrected chi connectivity index (χ0v) is 10.1. The number of aromatic nitrogens is 2. The molecule has 0 bridgehead atoms. The van der Waals surface area contributed by atoms with E-state index in [1.54, 1.807) is 6.92 Å². The first-order chi connectivity index (χ1) is 8.72. The summed E-state index contributed by atoms with van der Waals surface area (Å²) in [5.41, 5.74) is 2.16. The summed E-state index contributed by atoms with van der Waals surface area (Å²) in [4.78, 5) is 4.07. The lowest BCUT2D eigenvalue weighted by Crippen LogP contribution is -1.97. The lowest BCUT2D eigenvalue weighted by atomic mass is 10.1. The molecule has 0 saturated heterocycles. The molecule has 0 saturated carbocycles. The highest BCUT2D eigenvalue weighted by Crippen LogP contribution is 2.33. The first kappa shape index (κ1) is 11.2. The second kappa shape index (κ2) is 4.42. The van der Waals surface area contributed by atoms with E-state index in [1.165, 1.54) is 0 Å². The predicted molar refractivity (Wildman–Crippen MR) is 63.1 cm³/mol. The molecule has 1 atom stereocenters. The average molecular weight is 246 g/mol. The number of aryl methyl sites for hydroxylation is 2. The Morgan fingerprint density at radius 2 is 2.39 bits per heavy atom. The van der Waals surface area contributed by atoms with Crippen molar-refractivity contribution in [2.45, 2.75) is 32.5 Å².